The van der Waals surface area contributed by atoms with Gasteiger partial charge in [0.15, 0.2) is 0 Å². The van der Waals surface area contributed by atoms with Gasteiger partial charge in [-0.05, 0) is 73.4 Å². The van der Waals surface area contributed by atoms with Crippen molar-refractivity contribution in [3.63, 3.8) is 0 Å². The largest absolute Gasteiger partial charge is 0.495 e. The Balaban J connectivity index is 1.30. The number of carbonyl (C=O) groups excluding carboxylic acids is 2. The molecule has 0 unspecified atom stereocenters. The van der Waals surface area contributed by atoms with E-state index >= 15 is 0 Å². The van der Waals surface area contributed by atoms with Crippen molar-refractivity contribution >= 4 is 46.5 Å². The lowest BCUT2D eigenvalue weighted by molar-refractivity contribution is -0.118. The highest BCUT2D eigenvalue weighted by molar-refractivity contribution is 6.39. The fraction of sp³-hybridized carbons (Fsp3) is 0.258. The number of carbonyl (C=O) groups is 2. The van der Waals surface area contributed by atoms with Crippen LogP contribution in [0.4, 0.5) is 11.4 Å². The second kappa shape index (κ2) is 11.1. The van der Waals surface area contributed by atoms with E-state index in [0.29, 0.717) is 62.8 Å². The van der Waals surface area contributed by atoms with E-state index in [0.717, 1.165) is 35.4 Å². The molecule has 0 N–H and O–H groups in total. The van der Waals surface area contributed by atoms with Crippen molar-refractivity contribution in [1.82, 2.24) is 5.16 Å². The first kappa shape index (κ1) is 27.2. The van der Waals surface area contributed by atoms with E-state index in [4.69, 9.17) is 41.9 Å². The molecular weight excluding hydrogens is 567 g/mol. The zero-order valence-corrected chi connectivity index (χ0v) is 23.9. The summed E-state index contributed by atoms with van der Waals surface area (Å²) in [4.78, 5) is 26.7. The monoisotopic (exact) mass is 592 g/mol. The maximum Gasteiger partial charge on any atom is 0.337 e. The van der Waals surface area contributed by atoms with Gasteiger partial charge in [0.25, 0.3) is 0 Å². The number of benzene rings is 3. The number of rotatable bonds is 8. The van der Waals surface area contributed by atoms with Crippen LogP contribution in [0.1, 0.15) is 52.4 Å². The van der Waals surface area contributed by atoms with Gasteiger partial charge in [-0.25, -0.2) is 4.79 Å². The van der Waals surface area contributed by atoms with Crippen molar-refractivity contribution in [1.29, 1.82) is 0 Å². The van der Waals surface area contributed by atoms with Crippen LogP contribution in [0.25, 0.3) is 11.3 Å². The van der Waals surface area contributed by atoms with Crippen LogP contribution in [-0.2, 0) is 22.6 Å². The Morgan fingerprint density at radius 3 is 2.49 bits per heavy atom. The fourth-order valence-corrected chi connectivity index (χ4v) is 5.71. The molecule has 210 valence electrons. The van der Waals surface area contributed by atoms with Crippen molar-refractivity contribution in [3.8, 4) is 22.8 Å². The molecular formula is C31H26Cl2N2O6. The van der Waals surface area contributed by atoms with Gasteiger partial charge in [-0.15, -0.1) is 0 Å². The molecule has 1 aliphatic heterocycles. The number of fused-ring (bicyclic) bond motifs is 1. The molecule has 0 atom stereocenters. The molecule has 6 rings (SSSR count). The minimum atomic E-state index is -0.486. The molecule has 10 heteroatoms. The van der Waals surface area contributed by atoms with E-state index < -0.39 is 5.97 Å². The van der Waals surface area contributed by atoms with Gasteiger partial charge in [0.2, 0.25) is 5.91 Å². The predicted molar refractivity (Wildman–Crippen MR) is 155 cm³/mol. The SMILES string of the molecule is COC(=O)c1ccc(N2C(=O)CCc3cc(OCc4c(-c5c(Cl)cccc5Cl)noc4C4CC4)ccc32)c(OC)c1. The topological polar surface area (TPSA) is 91.1 Å². The molecule has 0 spiro atoms. The first-order chi connectivity index (χ1) is 19.9. The maximum absolute atomic E-state index is 13.1. The average molecular weight is 593 g/mol. The number of aromatic nitrogens is 1. The summed E-state index contributed by atoms with van der Waals surface area (Å²) in [5.74, 6) is 1.58. The molecule has 4 aromatic rings. The number of anilines is 2. The summed E-state index contributed by atoms with van der Waals surface area (Å²) in [6.07, 6.45) is 2.94. The summed E-state index contributed by atoms with van der Waals surface area (Å²) in [6, 6.07) is 15.8. The van der Waals surface area contributed by atoms with Gasteiger partial charge in [0, 0.05) is 17.9 Å². The van der Waals surface area contributed by atoms with Crippen LogP contribution < -0.4 is 14.4 Å². The highest BCUT2D eigenvalue weighted by Crippen LogP contribution is 2.46. The molecule has 2 aliphatic rings. The first-order valence-electron chi connectivity index (χ1n) is 13.2. The van der Waals surface area contributed by atoms with Crippen LogP contribution >= 0.6 is 23.2 Å². The number of amides is 1. The summed E-state index contributed by atoms with van der Waals surface area (Å²) in [6.45, 7) is 0.219. The summed E-state index contributed by atoms with van der Waals surface area (Å²) in [5, 5.41) is 5.31. The summed E-state index contributed by atoms with van der Waals surface area (Å²) >= 11 is 13.0. The van der Waals surface area contributed by atoms with Crippen LogP contribution in [-0.4, -0.2) is 31.3 Å². The zero-order valence-electron chi connectivity index (χ0n) is 22.4. The Labute approximate surface area is 246 Å². The van der Waals surface area contributed by atoms with E-state index in [1.54, 1.807) is 41.3 Å². The van der Waals surface area contributed by atoms with Gasteiger partial charge >= 0.3 is 5.97 Å². The first-order valence-corrected chi connectivity index (χ1v) is 13.9. The second-order valence-corrected chi connectivity index (χ2v) is 10.7. The average Bonchev–Trinajstić information content (AvgIpc) is 3.75. The molecule has 1 aromatic heterocycles. The van der Waals surface area contributed by atoms with E-state index in [9.17, 15) is 9.59 Å². The smallest absolute Gasteiger partial charge is 0.337 e. The standard InChI is InChI=1S/C31H26Cl2N2O6/c1-38-26-15-19(31(37)39-2)8-11-25(26)35-24-12-10-20(14-18(24)9-13-27(35)36)40-16-21-29(34-41-30(21)17-6-7-17)28-22(32)4-3-5-23(28)33/h3-5,8,10-12,14-15,17H,6-7,9,13,16H2,1-2H3. The zero-order chi connectivity index (χ0) is 28.7. The van der Waals surface area contributed by atoms with Crippen molar-refractivity contribution in [3.05, 3.63) is 87.1 Å². The third kappa shape index (κ3) is 5.13. The Kier molecular flexibility index (Phi) is 7.36. The molecule has 0 saturated heterocycles. The number of methoxy groups -OCH3 is 2. The number of aryl methyl sites for hydroxylation is 1. The molecule has 1 fully saturated rings. The normalized spacial score (nSPS) is 14.5. The maximum atomic E-state index is 13.1. The van der Waals surface area contributed by atoms with Gasteiger partial charge in [-0.2, -0.15) is 0 Å². The van der Waals surface area contributed by atoms with Gasteiger partial charge in [-0.1, -0.05) is 34.4 Å². The van der Waals surface area contributed by atoms with Crippen molar-refractivity contribution < 1.29 is 28.3 Å². The molecule has 2 heterocycles. The number of hydrogen-bond donors (Lipinski definition) is 0. The molecule has 1 amide bonds. The third-order valence-electron chi connectivity index (χ3n) is 7.34. The fourth-order valence-electron chi connectivity index (χ4n) is 5.13. The Hall–Kier alpha value is -4.01. The van der Waals surface area contributed by atoms with Crippen molar-refractivity contribution in [2.24, 2.45) is 0 Å². The van der Waals surface area contributed by atoms with Gasteiger partial charge < -0.3 is 18.7 Å². The van der Waals surface area contributed by atoms with Gasteiger partial charge in [-0.3, -0.25) is 9.69 Å². The molecule has 0 bridgehead atoms. The van der Waals surface area contributed by atoms with Gasteiger partial charge in [0.1, 0.15) is 29.6 Å². The minimum absolute atomic E-state index is 0.0740. The number of hydrogen-bond acceptors (Lipinski definition) is 7. The lowest BCUT2D eigenvalue weighted by Crippen LogP contribution is -2.31. The number of esters is 1. The van der Waals surface area contributed by atoms with E-state index in [1.165, 1.54) is 14.2 Å². The predicted octanol–water partition coefficient (Wildman–Crippen LogP) is 7.51. The minimum Gasteiger partial charge on any atom is -0.495 e. The Bertz CT molecular complexity index is 1640. The van der Waals surface area contributed by atoms with Crippen LogP contribution in [0.5, 0.6) is 11.5 Å². The number of nitrogens with zero attached hydrogens (tertiary/aromatic N) is 2. The van der Waals surface area contributed by atoms with E-state index in [-0.39, 0.29) is 12.5 Å². The van der Waals surface area contributed by atoms with Gasteiger partial charge in [0.05, 0.1) is 46.8 Å². The quantitative estimate of drug-likeness (QED) is 0.195. The molecule has 1 saturated carbocycles. The summed E-state index contributed by atoms with van der Waals surface area (Å²) < 4.78 is 22.4. The van der Waals surface area contributed by atoms with Crippen LogP contribution in [0.3, 0.4) is 0 Å². The highest BCUT2D eigenvalue weighted by atomic mass is 35.5. The molecule has 3 aromatic carbocycles. The number of halogens is 2. The van der Waals surface area contributed by atoms with E-state index in [2.05, 4.69) is 5.16 Å². The molecule has 0 radical (unpaired) electrons. The Morgan fingerprint density at radius 1 is 1.02 bits per heavy atom. The molecule has 41 heavy (non-hydrogen) atoms. The molecule has 8 nitrogen and oxygen atoms in total. The third-order valence-corrected chi connectivity index (χ3v) is 7.97. The summed E-state index contributed by atoms with van der Waals surface area (Å²) in [7, 11) is 2.81. The lowest BCUT2D eigenvalue weighted by Gasteiger charge is -2.31. The van der Waals surface area contributed by atoms with Crippen molar-refractivity contribution in [2.75, 3.05) is 19.1 Å². The summed E-state index contributed by atoms with van der Waals surface area (Å²) in [5.41, 5.74) is 4.58. The van der Waals surface area contributed by atoms with Crippen molar-refractivity contribution in [2.45, 2.75) is 38.2 Å². The lowest BCUT2D eigenvalue weighted by atomic mass is 9.99. The molecule has 1 aliphatic carbocycles. The van der Waals surface area contributed by atoms with Crippen LogP contribution in [0, 0.1) is 0 Å². The highest BCUT2D eigenvalue weighted by Gasteiger charge is 2.34. The van der Waals surface area contributed by atoms with E-state index in [1.807, 2.05) is 18.2 Å². The number of ether oxygens (including phenoxy) is 3. The second-order valence-electron chi connectivity index (χ2n) is 9.93. The van der Waals surface area contributed by atoms with Crippen LogP contribution in [0.15, 0.2) is 59.1 Å². The Morgan fingerprint density at radius 2 is 1.78 bits per heavy atom. The van der Waals surface area contributed by atoms with Crippen LogP contribution in [0.2, 0.25) is 10.0 Å².